The standard InChI is InChI=1S/C33H36N2O11/c1-15-28(38)19(35-13-16-5-4-8-34-12-16)9-23(45-15)46-21-11-33(43,22(37)14-36)10-18-25(21)32(42)27-26(30(18)40)29(39)17-6-3-7-20(44-2)24(17)31(27)41/h3-8,12,15,19,21-23,28,35-38,40,42-43H,9-11,13-14H2,1-2H3. The van der Waals surface area contributed by atoms with Gasteiger partial charge in [0.05, 0.1) is 54.3 Å². The zero-order chi connectivity index (χ0) is 32.9. The zero-order valence-electron chi connectivity index (χ0n) is 25.2. The van der Waals surface area contributed by atoms with Crippen molar-refractivity contribution in [3.63, 3.8) is 0 Å². The highest BCUT2D eigenvalue weighted by Gasteiger charge is 2.50. The van der Waals surface area contributed by atoms with E-state index < -0.39 is 89.6 Å². The molecule has 7 N–H and O–H groups in total. The van der Waals surface area contributed by atoms with Gasteiger partial charge < -0.3 is 50.2 Å². The second-order valence-electron chi connectivity index (χ2n) is 12.0. The van der Waals surface area contributed by atoms with E-state index in [1.165, 1.54) is 25.3 Å². The van der Waals surface area contributed by atoms with Crippen LogP contribution < -0.4 is 10.1 Å². The first-order valence-corrected chi connectivity index (χ1v) is 15.0. The van der Waals surface area contributed by atoms with Crippen LogP contribution in [0.1, 0.15) is 74.4 Å². The first-order chi connectivity index (χ1) is 22.0. The molecule has 244 valence electrons. The lowest BCUT2D eigenvalue weighted by Crippen LogP contribution is -2.54. The smallest absolute Gasteiger partial charge is 0.202 e. The van der Waals surface area contributed by atoms with E-state index in [1.807, 2.05) is 6.07 Å². The van der Waals surface area contributed by atoms with Crippen LogP contribution in [0.5, 0.6) is 17.2 Å². The summed E-state index contributed by atoms with van der Waals surface area (Å²) in [6.45, 7) is 1.23. The van der Waals surface area contributed by atoms with Gasteiger partial charge in [-0.1, -0.05) is 18.2 Å². The van der Waals surface area contributed by atoms with Crippen LogP contribution in [-0.4, -0.2) is 97.2 Å². The summed E-state index contributed by atoms with van der Waals surface area (Å²) in [6.07, 6.45) is -3.00. The molecule has 13 heteroatoms. The number of aliphatic hydroxyl groups is 4. The number of fused-ring (bicyclic) bond motifs is 3. The number of rotatable bonds is 8. The number of pyridine rings is 1. The second-order valence-corrected chi connectivity index (χ2v) is 12.0. The number of carbonyl (C=O) groups excluding carboxylic acids is 2. The minimum Gasteiger partial charge on any atom is -0.507 e. The number of phenols is 2. The number of hydrogen-bond donors (Lipinski definition) is 7. The fourth-order valence-corrected chi connectivity index (χ4v) is 6.76. The zero-order valence-corrected chi connectivity index (χ0v) is 25.2. The largest absolute Gasteiger partial charge is 0.507 e. The van der Waals surface area contributed by atoms with Gasteiger partial charge in [0, 0.05) is 60.9 Å². The van der Waals surface area contributed by atoms with E-state index in [0.29, 0.717) is 6.54 Å². The Labute approximate surface area is 264 Å². The SMILES string of the molecule is COc1cccc2c1C(=O)c1c(O)c3c(c(O)c1C2=O)CC(O)(C(O)CO)CC3OC1CC(NCc2cccnc2)C(O)C(C)O1. The van der Waals surface area contributed by atoms with Gasteiger partial charge in [0.15, 0.2) is 12.1 Å². The molecule has 6 rings (SSSR count). The fraction of sp³-hybridized carbons (Fsp3) is 0.424. The predicted octanol–water partition coefficient (Wildman–Crippen LogP) is 1.02. The van der Waals surface area contributed by atoms with Crippen molar-refractivity contribution in [2.45, 2.75) is 75.1 Å². The molecule has 0 bridgehead atoms. The van der Waals surface area contributed by atoms with E-state index in [2.05, 4.69) is 10.3 Å². The first kappa shape index (κ1) is 32.0. The van der Waals surface area contributed by atoms with Crippen molar-refractivity contribution in [3.8, 4) is 17.2 Å². The molecule has 2 heterocycles. The Hall–Kier alpha value is -3.95. The van der Waals surface area contributed by atoms with Crippen LogP contribution in [0.2, 0.25) is 0 Å². The summed E-state index contributed by atoms with van der Waals surface area (Å²) in [5.74, 6) is -2.67. The molecule has 1 saturated heterocycles. The van der Waals surface area contributed by atoms with Crippen molar-refractivity contribution in [2.24, 2.45) is 0 Å². The van der Waals surface area contributed by atoms with Gasteiger partial charge in [-0.05, 0) is 24.6 Å². The molecule has 1 aromatic heterocycles. The number of aromatic hydroxyl groups is 2. The van der Waals surface area contributed by atoms with Crippen LogP contribution in [0.3, 0.4) is 0 Å². The van der Waals surface area contributed by atoms with E-state index in [1.54, 1.807) is 25.4 Å². The average molecular weight is 637 g/mol. The number of phenolic OH excluding ortho intramolecular Hbond substituents is 2. The second kappa shape index (κ2) is 12.3. The molecule has 13 nitrogen and oxygen atoms in total. The Morgan fingerprint density at radius 3 is 2.57 bits per heavy atom. The van der Waals surface area contributed by atoms with Gasteiger partial charge in [0.2, 0.25) is 5.78 Å². The average Bonchev–Trinajstić information content (AvgIpc) is 3.05. The summed E-state index contributed by atoms with van der Waals surface area (Å²) in [5, 5.41) is 69.4. The number of nitrogens with one attached hydrogen (secondary N) is 1. The van der Waals surface area contributed by atoms with Gasteiger partial charge in [-0.2, -0.15) is 0 Å². The lowest BCUT2D eigenvalue weighted by molar-refractivity contribution is -0.254. The summed E-state index contributed by atoms with van der Waals surface area (Å²) in [6, 6.07) is 7.59. The maximum absolute atomic E-state index is 13.8. The molecule has 3 aliphatic rings. The minimum absolute atomic E-state index is 0.0336. The molecular weight excluding hydrogens is 600 g/mol. The van der Waals surface area contributed by atoms with E-state index in [9.17, 15) is 40.2 Å². The molecular formula is C33H36N2O11. The summed E-state index contributed by atoms with van der Waals surface area (Å²) in [5.41, 5.74) is -2.35. The number of ketones is 2. The predicted molar refractivity (Wildman–Crippen MR) is 160 cm³/mol. The molecule has 3 aromatic rings. The summed E-state index contributed by atoms with van der Waals surface area (Å²) in [4.78, 5) is 31.6. The quantitative estimate of drug-likeness (QED) is 0.135. The number of nitrogens with zero attached hydrogens (tertiary/aromatic N) is 1. The molecule has 0 amide bonds. The van der Waals surface area contributed by atoms with Gasteiger partial charge in [0.1, 0.15) is 23.4 Å². The summed E-state index contributed by atoms with van der Waals surface area (Å²) in [7, 11) is 1.34. The Kier molecular flexibility index (Phi) is 8.59. The summed E-state index contributed by atoms with van der Waals surface area (Å²) >= 11 is 0. The van der Waals surface area contributed by atoms with E-state index >= 15 is 0 Å². The van der Waals surface area contributed by atoms with Crippen LogP contribution in [0.4, 0.5) is 0 Å². The van der Waals surface area contributed by atoms with Gasteiger partial charge in [-0.3, -0.25) is 14.6 Å². The minimum atomic E-state index is -2.06. The summed E-state index contributed by atoms with van der Waals surface area (Å²) < 4.78 is 17.6. The van der Waals surface area contributed by atoms with E-state index in [4.69, 9.17) is 14.2 Å². The number of benzene rings is 2. The highest BCUT2D eigenvalue weighted by molar-refractivity contribution is 6.31. The first-order valence-electron chi connectivity index (χ1n) is 15.0. The number of aliphatic hydroxyl groups excluding tert-OH is 3. The molecule has 46 heavy (non-hydrogen) atoms. The van der Waals surface area contributed by atoms with E-state index in [-0.39, 0.29) is 40.8 Å². The number of aromatic nitrogens is 1. The Bertz CT molecular complexity index is 1670. The van der Waals surface area contributed by atoms with Crippen LogP contribution in [-0.2, 0) is 22.4 Å². The van der Waals surface area contributed by atoms with Gasteiger partial charge in [-0.25, -0.2) is 0 Å². The third kappa shape index (κ3) is 5.33. The highest BCUT2D eigenvalue weighted by Crippen LogP contribution is 2.53. The molecule has 0 radical (unpaired) electrons. The fourth-order valence-electron chi connectivity index (χ4n) is 6.76. The highest BCUT2D eigenvalue weighted by atomic mass is 16.7. The third-order valence-electron chi connectivity index (χ3n) is 9.21. The number of hydrogen-bond acceptors (Lipinski definition) is 13. The Balaban J connectivity index is 1.40. The van der Waals surface area contributed by atoms with E-state index in [0.717, 1.165) is 5.56 Å². The number of ether oxygens (including phenoxy) is 3. The molecule has 0 saturated carbocycles. The third-order valence-corrected chi connectivity index (χ3v) is 9.21. The van der Waals surface area contributed by atoms with Crippen LogP contribution in [0, 0.1) is 0 Å². The Morgan fingerprint density at radius 2 is 1.87 bits per heavy atom. The monoisotopic (exact) mass is 636 g/mol. The van der Waals surface area contributed by atoms with Crippen molar-refractivity contribution in [1.29, 1.82) is 0 Å². The molecule has 2 aliphatic carbocycles. The van der Waals surface area contributed by atoms with Crippen molar-refractivity contribution < 1.29 is 54.4 Å². The lowest BCUT2D eigenvalue weighted by atomic mass is 9.71. The number of carbonyl (C=O) groups is 2. The van der Waals surface area contributed by atoms with Crippen molar-refractivity contribution in [3.05, 3.63) is 81.7 Å². The van der Waals surface area contributed by atoms with Crippen molar-refractivity contribution in [2.75, 3.05) is 13.7 Å². The molecule has 0 spiro atoms. The molecule has 1 aliphatic heterocycles. The molecule has 1 fully saturated rings. The van der Waals surface area contributed by atoms with Crippen LogP contribution in [0.15, 0.2) is 42.7 Å². The molecule has 7 atom stereocenters. The maximum atomic E-state index is 13.8. The van der Waals surface area contributed by atoms with Gasteiger partial charge in [0.25, 0.3) is 0 Å². The Morgan fingerprint density at radius 1 is 1.11 bits per heavy atom. The number of methoxy groups -OCH3 is 1. The van der Waals surface area contributed by atoms with Crippen molar-refractivity contribution >= 4 is 11.6 Å². The van der Waals surface area contributed by atoms with Gasteiger partial charge >= 0.3 is 0 Å². The molecule has 2 aromatic carbocycles. The van der Waals surface area contributed by atoms with Crippen LogP contribution in [0.25, 0.3) is 0 Å². The molecule has 7 unspecified atom stereocenters. The lowest BCUT2D eigenvalue weighted by Gasteiger charge is -2.44. The van der Waals surface area contributed by atoms with Crippen LogP contribution >= 0.6 is 0 Å². The van der Waals surface area contributed by atoms with Gasteiger partial charge in [-0.15, -0.1) is 0 Å². The van der Waals surface area contributed by atoms with Crippen molar-refractivity contribution in [1.82, 2.24) is 10.3 Å². The topological polar surface area (TPSA) is 208 Å². The maximum Gasteiger partial charge on any atom is 0.202 e. The normalized spacial score (nSPS) is 27.8.